The quantitative estimate of drug-likeness (QED) is 0.658. The van der Waals surface area contributed by atoms with Crippen LogP contribution in [0.1, 0.15) is 21.8 Å². The molecule has 0 bridgehead atoms. The minimum atomic E-state index is 0.498. The van der Waals surface area contributed by atoms with Crippen LogP contribution in [0.15, 0.2) is 12.3 Å². The number of hydrogen-bond acceptors (Lipinski definition) is 4. The van der Waals surface area contributed by atoms with Gasteiger partial charge in [-0.15, -0.1) is 11.3 Å². The van der Waals surface area contributed by atoms with Crippen molar-refractivity contribution in [2.75, 3.05) is 0 Å². The van der Waals surface area contributed by atoms with E-state index in [1.54, 1.807) is 11.3 Å². The lowest BCUT2D eigenvalue weighted by atomic mass is 10.1. The van der Waals surface area contributed by atoms with Crippen LogP contribution in [0, 0.1) is 6.92 Å². The van der Waals surface area contributed by atoms with Gasteiger partial charge in [0.05, 0.1) is 11.9 Å². The van der Waals surface area contributed by atoms with Gasteiger partial charge in [-0.05, 0) is 18.6 Å². The van der Waals surface area contributed by atoms with Crippen molar-refractivity contribution >= 4 is 21.6 Å². The summed E-state index contributed by atoms with van der Waals surface area (Å²) in [6.45, 7) is 2.53. The predicted molar refractivity (Wildman–Crippen MR) is 68.0 cm³/mol. The molecule has 6 heteroatoms. The van der Waals surface area contributed by atoms with Crippen LogP contribution in [0.5, 0.6) is 0 Å². The summed E-state index contributed by atoms with van der Waals surface area (Å²) in [7, 11) is 0. The van der Waals surface area contributed by atoms with Gasteiger partial charge in [0.25, 0.3) is 0 Å². The fourth-order valence-electron chi connectivity index (χ4n) is 1.92. The number of aromatic amines is 2. The lowest BCUT2D eigenvalue weighted by molar-refractivity contribution is 0.934. The van der Waals surface area contributed by atoms with Gasteiger partial charge in [-0.25, -0.2) is 0 Å². The Morgan fingerprint density at radius 2 is 2.29 bits per heavy atom. The molecule has 0 radical (unpaired) electrons. The molecule has 0 aliphatic rings. The van der Waals surface area contributed by atoms with Gasteiger partial charge in [0.15, 0.2) is 0 Å². The van der Waals surface area contributed by atoms with Crippen molar-refractivity contribution in [1.82, 2.24) is 20.4 Å². The summed E-state index contributed by atoms with van der Waals surface area (Å²) in [5, 5.41) is 15.4. The Balaban J connectivity index is 1.94. The largest absolute Gasteiger partial charge is 0.325 e. The number of nitrogens with zero attached hydrogens (tertiary/aromatic N) is 2. The van der Waals surface area contributed by atoms with E-state index >= 15 is 0 Å². The van der Waals surface area contributed by atoms with Crippen molar-refractivity contribution in [1.29, 1.82) is 0 Å². The molecule has 88 valence electrons. The zero-order chi connectivity index (χ0) is 11.8. The summed E-state index contributed by atoms with van der Waals surface area (Å²) in [5.74, 6) is 0. The number of rotatable bonds is 3. The number of nitrogens with two attached hydrogens (primary N) is 1. The monoisotopic (exact) mass is 247 g/mol. The molecule has 0 spiro atoms. The summed E-state index contributed by atoms with van der Waals surface area (Å²) in [6.07, 6.45) is 2.71. The first-order valence-electron chi connectivity index (χ1n) is 5.42. The van der Waals surface area contributed by atoms with E-state index in [0.717, 1.165) is 28.2 Å². The maximum absolute atomic E-state index is 5.64. The van der Waals surface area contributed by atoms with Crippen molar-refractivity contribution in [3.8, 4) is 0 Å². The predicted octanol–water partition coefficient (Wildman–Crippen LogP) is 1.71. The van der Waals surface area contributed by atoms with Crippen LogP contribution in [0.2, 0.25) is 0 Å². The normalized spacial score (nSPS) is 11.4. The molecule has 5 nitrogen and oxygen atoms in total. The number of H-pyrrole nitrogens is 2. The van der Waals surface area contributed by atoms with Crippen LogP contribution < -0.4 is 5.73 Å². The molecule has 4 N–H and O–H groups in total. The topological polar surface area (TPSA) is 83.4 Å². The fraction of sp³-hybridized carbons (Fsp3) is 0.273. The number of aromatic nitrogens is 4. The highest BCUT2D eigenvalue weighted by Crippen LogP contribution is 2.27. The lowest BCUT2D eigenvalue weighted by Gasteiger charge is -1.97. The van der Waals surface area contributed by atoms with Gasteiger partial charge >= 0.3 is 0 Å². The minimum Gasteiger partial charge on any atom is -0.325 e. The summed E-state index contributed by atoms with van der Waals surface area (Å²) < 4.78 is 0. The van der Waals surface area contributed by atoms with Gasteiger partial charge in [-0.3, -0.25) is 10.2 Å². The first kappa shape index (κ1) is 10.5. The Morgan fingerprint density at radius 3 is 3.06 bits per heavy atom. The van der Waals surface area contributed by atoms with E-state index in [4.69, 9.17) is 5.73 Å². The van der Waals surface area contributed by atoms with Crippen LogP contribution in [0.4, 0.5) is 0 Å². The van der Waals surface area contributed by atoms with E-state index in [-0.39, 0.29) is 0 Å². The number of hydrogen-bond donors (Lipinski definition) is 3. The maximum atomic E-state index is 5.64. The van der Waals surface area contributed by atoms with Crippen molar-refractivity contribution in [3.63, 3.8) is 0 Å². The molecule has 0 aliphatic carbocycles. The molecule has 0 atom stereocenters. The van der Waals surface area contributed by atoms with Gasteiger partial charge in [-0.1, -0.05) is 0 Å². The molecule has 3 aromatic heterocycles. The highest BCUT2D eigenvalue weighted by atomic mass is 32.1. The Kier molecular flexibility index (Phi) is 2.45. The van der Waals surface area contributed by atoms with E-state index < -0.39 is 0 Å². The molecular weight excluding hydrogens is 234 g/mol. The average Bonchev–Trinajstić information content (AvgIpc) is 2.98. The zero-order valence-electron chi connectivity index (χ0n) is 9.45. The Morgan fingerprint density at radius 1 is 1.41 bits per heavy atom. The second kappa shape index (κ2) is 3.97. The third kappa shape index (κ3) is 1.75. The van der Waals surface area contributed by atoms with E-state index in [1.165, 1.54) is 10.3 Å². The molecule has 0 aliphatic heterocycles. The summed E-state index contributed by atoms with van der Waals surface area (Å²) >= 11 is 1.71. The summed E-state index contributed by atoms with van der Waals surface area (Å²) in [4.78, 5) is 2.35. The van der Waals surface area contributed by atoms with Crippen molar-refractivity contribution in [2.24, 2.45) is 5.73 Å². The van der Waals surface area contributed by atoms with Gasteiger partial charge in [0.2, 0.25) is 0 Å². The highest BCUT2D eigenvalue weighted by molar-refractivity contribution is 7.18. The Bertz CT molecular complexity index is 648. The van der Waals surface area contributed by atoms with E-state index in [9.17, 15) is 0 Å². The zero-order valence-corrected chi connectivity index (χ0v) is 10.3. The number of thiophene rings is 1. The number of nitrogens with one attached hydrogen (secondary N) is 2. The Hall–Kier alpha value is -1.66. The molecule has 0 unspecified atom stereocenters. The van der Waals surface area contributed by atoms with Crippen molar-refractivity contribution in [2.45, 2.75) is 19.9 Å². The van der Waals surface area contributed by atoms with E-state index in [0.29, 0.717) is 6.54 Å². The maximum Gasteiger partial charge on any atom is 0.145 e. The van der Waals surface area contributed by atoms with Crippen LogP contribution in [-0.4, -0.2) is 20.4 Å². The molecule has 0 saturated heterocycles. The SMILES string of the molecule is Cc1[nH]nc2sc(Cc3cn[nH]c3CN)cc12. The number of fused-ring (bicyclic) bond motifs is 1. The molecular formula is C11H13N5S. The molecule has 0 saturated carbocycles. The second-order valence-corrected chi connectivity index (χ2v) is 5.15. The van der Waals surface area contributed by atoms with Gasteiger partial charge in [0.1, 0.15) is 4.83 Å². The standard InChI is InChI=1S/C11H13N5S/c1-6-9-3-8(17-11(9)16-14-6)2-7-5-13-15-10(7)4-12/h3,5H,2,4,12H2,1H3,(H,13,15)(H,14,16). The lowest BCUT2D eigenvalue weighted by Crippen LogP contribution is -2.00. The van der Waals surface area contributed by atoms with Crippen LogP contribution in [0.25, 0.3) is 10.2 Å². The van der Waals surface area contributed by atoms with Crippen LogP contribution in [-0.2, 0) is 13.0 Å². The average molecular weight is 247 g/mol. The van der Waals surface area contributed by atoms with Crippen molar-refractivity contribution < 1.29 is 0 Å². The van der Waals surface area contributed by atoms with Gasteiger partial charge in [0, 0.05) is 28.9 Å². The van der Waals surface area contributed by atoms with E-state index in [1.807, 2.05) is 13.1 Å². The second-order valence-electron chi connectivity index (χ2n) is 4.03. The summed E-state index contributed by atoms with van der Waals surface area (Å²) in [6, 6.07) is 2.19. The molecule has 0 fully saturated rings. The van der Waals surface area contributed by atoms with Crippen molar-refractivity contribution in [3.05, 3.63) is 34.1 Å². The molecule has 3 heterocycles. The molecule has 17 heavy (non-hydrogen) atoms. The molecule has 0 amide bonds. The van der Waals surface area contributed by atoms with Gasteiger partial charge < -0.3 is 5.73 Å². The van der Waals surface area contributed by atoms with E-state index in [2.05, 4.69) is 26.5 Å². The smallest absolute Gasteiger partial charge is 0.145 e. The van der Waals surface area contributed by atoms with Gasteiger partial charge in [-0.2, -0.15) is 10.2 Å². The Labute approximate surface area is 102 Å². The fourth-order valence-corrected chi connectivity index (χ4v) is 2.99. The summed E-state index contributed by atoms with van der Waals surface area (Å²) in [5.41, 5.74) is 8.94. The third-order valence-corrected chi connectivity index (χ3v) is 3.90. The molecule has 3 aromatic rings. The minimum absolute atomic E-state index is 0.498. The van der Waals surface area contributed by atoms with Crippen LogP contribution >= 0.6 is 11.3 Å². The first-order valence-corrected chi connectivity index (χ1v) is 6.24. The first-order chi connectivity index (χ1) is 8.28. The number of aryl methyl sites for hydroxylation is 1. The molecule has 0 aromatic carbocycles. The highest BCUT2D eigenvalue weighted by Gasteiger charge is 2.10. The third-order valence-electron chi connectivity index (χ3n) is 2.87. The van der Waals surface area contributed by atoms with Crippen LogP contribution in [0.3, 0.4) is 0 Å². The molecule has 3 rings (SSSR count).